The van der Waals surface area contributed by atoms with Gasteiger partial charge in [0.1, 0.15) is 5.82 Å². The number of pyridine rings is 2. The van der Waals surface area contributed by atoms with E-state index in [0.29, 0.717) is 24.1 Å². The number of piperidine rings is 1. The Balaban J connectivity index is 1.26. The molecule has 0 aromatic carbocycles. The third-order valence-electron chi connectivity index (χ3n) is 8.20. The number of aliphatic hydroxyl groups is 1. The molecule has 0 amide bonds. The maximum absolute atomic E-state index is 10.1. The number of rotatable bonds is 4. The molecule has 172 valence electrons. The van der Waals surface area contributed by atoms with Gasteiger partial charge in [0.2, 0.25) is 0 Å². The van der Waals surface area contributed by atoms with E-state index in [9.17, 15) is 5.11 Å². The fraction of sp³-hybridized carbons (Fsp3) is 0.538. The molecule has 0 bridgehead atoms. The Labute approximate surface area is 194 Å². The van der Waals surface area contributed by atoms with E-state index in [2.05, 4.69) is 19.8 Å². The molecular weight excluding hydrogens is 412 g/mol. The van der Waals surface area contributed by atoms with Crippen LogP contribution in [0.25, 0.3) is 22.3 Å². The molecule has 0 radical (unpaired) electrons. The lowest BCUT2D eigenvalue weighted by molar-refractivity contribution is 0.116. The van der Waals surface area contributed by atoms with Crippen LogP contribution in [-0.4, -0.2) is 68.3 Å². The smallest absolute Gasteiger partial charge is 0.162 e. The van der Waals surface area contributed by atoms with Crippen LogP contribution in [-0.2, 0) is 0 Å². The molecule has 3 fully saturated rings. The van der Waals surface area contributed by atoms with Gasteiger partial charge in [0.15, 0.2) is 5.82 Å². The third kappa shape index (κ3) is 3.87. The number of nitrogens with zero attached hydrogens (tertiary/aromatic N) is 6. The van der Waals surface area contributed by atoms with E-state index in [-0.39, 0.29) is 0 Å². The van der Waals surface area contributed by atoms with Gasteiger partial charge in [0, 0.05) is 61.3 Å². The fourth-order valence-corrected chi connectivity index (χ4v) is 6.42. The first kappa shape index (κ1) is 20.9. The van der Waals surface area contributed by atoms with Crippen molar-refractivity contribution in [3.05, 3.63) is 43.0 Å². The molecule has 1 N–H and O–H groups in total. The molecule has 5 heterocycles. The Morgan fingerprint density at radius 1 is 0.970 bits per heavy atom. The summed E-state index contributed by atoms with van der Waals surface area (Å²) in [6.07, 6.45) is 15.9. The molecule has 1 spiro atoms. The summed E-state index contributed by atoms with van der Waals surface area (Å²) in [5.74, 6) is 1.73. The Morgan fingerprint density at radius 2 is 1.73 bits per heavy atom. The van der Waals surface area contributed by atoms with Crippen molar-refractivity contribution in [2.45, 2.75) is 57.0 Å². The molecule has 1 saturated carbocycles. The first-order chi connectivity index (χ1) is 16.2. The van der Waals surface area contributed by atoms with Crippen LogP contribution in [0.3, 0.4) is 0 Å². The number of hydrogen-bond acceptors (Lipinski definition) is 7. The summed E-state index contributed by atoms with van der Waals surface area (Å²) in [5, 5.41) is 11.2. The summed E-state index contributed by atoms with van der Waals surface area (Å²) in [7, 11) is 0. The quantitative estimate of drug-likeness (QED) is 0.658. The Morgan fingerprint density at radius 3 is 2.48 bits per heavy atom. The van der Waals surface area contributed by atoms with E-state index in [1.54, 1.807) is 12.4 Å². The van der Waals surface area contributed by atoms with Crippen molar-refractivity contribution in [2.75, 3.05) is 31.1 Å². The maximum atomic E-state index is 10.1. The molecule has 33 heavy (non-hydrogen) atoms. The zero-order valence-electron chi connectivity index (χ0n) is 19.1. The minimum atomic E-state index is 0.292. The van der Waals surface area contributed by atoms with Crippen molar-refractivity contribution in [1.29, 1.82) is 0 Å². The highest BCUT2D eigenvalue weighted by Crippen LogP contribution is 2.46. The van der Waals surface area contributed by atoms with Crippen molar-refractivity contribution < 1.29 is 5.11 Å². The van der Waals surface area contributed by atoms with E-state index in [1.807, 2.05) is 30.6 Å². The summed E-state index contributed by atoms with van der Waals surface area (Å²) < 4.78 is 0. The number of hydrogen-bond donors (Lipinski definition) is 1. The van der Waals surface area contributed by atoms with E-state index in [0.717, 1.165) is 67.0 Å². The zero-order valence-corrected chi connectivity index (χ0v) is 19.1. The van der Waals surface area contributed by atoms with Gasteiger partial charge < -0.3 is 10.0 Å². The second-order valence-electron chi connectivity index (χ2n) is 10.1. The highest BCUT2D eigenvalue weighted by molar-refractivity contribution is 5.90. The van der Waals surface area contributed by atoms with E-state index < -0.39 is 0 Å². The zero-order chi connectivity index (χ0) is 22.3. The van der Waals surface area contributed by atoms with Crippen molar-refractivity contribution >= 4 is 16.7 Å². The Kier molecular flexibility index (Phi) is 5.46. The van der Waals surface area contributed by atoms with Crippen LogP contribution < -0.4 is 4.90 Å². The number of fused-ring (bicyclic) bond motifs is 1. The number of aromatic nitrogens is 4. The number of anilines is 1. The SMILES string of the molecule is OCC1CC2(CCN(c3nc(-c4ccncc4)nc4cnccc34)CC2)CN1C1CCCC1. The van der Waals surface area contributed by atoms with Crippen LogP contribution in [0.5, 0.6) is 0 Å². The average molecular weight is 445 g/mol. The van der Waals surface area contributed by atoms with E-state index in [1.165, 1.54) is 25.7 Å². The van der Waals surface area contributed by atoms with Crippen LogP contribution in [0, 0.1) is 5.41 Å². The molecule has 3 aromatic heterocycles. The van der Waals surface area contributed by atoms with Crippen LogP contribution in [0.15, 0.2) is 43.0 Å². The van der Waals surface area contributed by atoms with Gasteiger partial charge in [-0.05, 0) is 55.7 Å². The number of aliphatic hydroxyl groups excluding tert-OH is 1. The lowest BCUT2D eigenvalue weighted by Gasteiger charge is -2.40. The lowest BCUT2D eigenvalue weighted by atomic mass is 9.76. The molecular formula is C26H32N6O. The average Bonchev–Trinajstić information content (AvgIpc) is 3.53. The summed E-state index contributed by atoms with van der Waals surface area (Å²) in [4.78, 5) is 23.4. The van der Waals surface area contributed by atoms with Gasteiger partial charge in [-0.1, -0.05) is 12.8 Å². The topological polar surface area (TPSA) is 78.3 Å². The van der Waals surface area contributed by atoms with Gasteiger partial charge in [0.25, 0.3) is 0 Å². The monoisotopic (exact) mass is 444 g/mol. The van der Waals surface area contributed by atoms with Crippen molar-refractivity contribution in [1.82, 2.24) is 24.8 Å². The summed E-state index contributed by atoms with van der Waals surface area (Å²) in [6.45, 7) is 3.41. The van der Waals surface area contributed by atoms with Crippen molar-refractivity contribution in [3.8, 4) is 11.4 Å². The Bertz CT molecular complexity index is 1110. The normalized spacial score (nSPS) is 23.7. The minimum Gasteiger partial charge on any atom is -0.395 e. The van der Waals surface area contributed by atoms with Crippen LogP contribution >= 0.6 is 0 Å². The van der Waals surface area contributed by atoms with Gasteiger partial charge in [-0.3, -0.25) is 14.9 Å². The highest BCUT2D eigenvalue weighted by atomic mass is 16.3. The van der Waals surface area contributed by atoms with Crippen LogP contribution in [0.1, 0.15) is 44.9 Å². The van der Waals surface area contributed by atoms with Gasteiger partial charge in [0.05, 0.1) is 18.3 Å². The summed E-state index contributed by atoms with van der Waals surface area (Å²) in [5.41, 5.74) is 2.17. The van der Waals surface area contributed by atoms with Crippen molar-refractivity contribution in [3.63, 3.8) is 0 Å². The molecule has 7 heteroatoms. The van der Waals surface area contributed by atoms with Gasteiger partial charge in [-0.25, -0.2) is 9.97 Å². The van der Waals surface area contributed by atoms with Gasteiger partial charge in [-0.2, -0.15) is 0 Å². The molecule has 3 aliphatic rings. The molecule has 1 unspecified atom stereocenters. The van der Waals surface area contributed by atoms with E-state index in [4.69, 9.17) is 9.97 Å². The standard InChI is InChI=1S/C26H32N6O/c33-17-21-15-26(18-32(21)20-3-1-2-4-20)8-13-31(14-9-26)25-22-7-12-28-16-23(22)29-24(30-25)19-5-10-27-11-6-19/h5-7,10-12,16,20-21,33H,1-4,8-9,13-15,17-18H2. The largest absolute Gasteiger partial charge is 0.395 e. The summed E-state index contributed by atoms with van der Waals surface area (Å²) in [6, 6.07) is 6.96. The second-order valence-corrected chi connectivity index (χ2v) is 10.1. The second kappa shape index (κ2) is 8.61. The number of likely N-dealkylation sites (tertiary alicyclic amines) is 1. The van der Waals surface area contributed by atoms with Gasteiger partial charge in [-0.15, -0.1) is 0 Å². The van der Waals surface area contributed by atoms with Crippen molar-refractivity contribution in [2.24, 2.45) is 5.41 Å². The molecule has 6 rings (SSSR count). The van der Waals surface area contributed by atoms with Crippen LogP contribution in [0.2, 0.25) is 0 Å². The predicted molar refractivity (Wildman–Crippen MR) is 129 cm³/mol. The maximum Gasteiger partial charge on any atom is 0.162 e. The minimum absolute atomic E-state index is 0.292. The lowest BCUT2D eigenvalue weighted by Crippen LogP contribution is -2.43. The van der Waals surface area contributed by atoms with Gasteiger partial charge >= 0.3 is 0 Å². The fourth-order valence-electron chi connectivity index (χ4n) is 6.42. The molecule has 7 nitrogen and oxygen atoms in total. The molecule has 2 saturated heterocycles. The molecule has 2 aliphatic heterocycles. The molecule has 1 aliphatic carbocycles. The third-order valence-corrected chi connectivity index (χ3v) is 8.20. The molecule has 3 aromatic rings. The first-order valence-electron chi connectivity index (χ1n) is 12.4. The molecule has 1 atom stereocenters. The Hall–Kier alpha value is -2.64. The summed E-state index contributed by atoms with van der Waals surface area (Å²) >= 11 is 0. The van der Waals surface area contributed by atoms with E-state index >= 15 is 0 Å². The van der Waals surface area contributed by atoms with Crippen LogP contribution in [0.4, 0.5) is 5.82 Å². The highest BCUT2D eigenvalue weighted by Gasteiger charge is 2.47. The first-order valence-corrected chi connectivity index (χ1v) is 12.4. The predicted octanol–water partition coefficient (Wildman–Crippen LogP) is 3.68.